The summed E-state index contributed by atoms with van der Waals surface area (Å²) in [6, 6.07) is 14.6. The Balaban J connectivity index is 1.93. The quantitative estimate of drug-likeness (QED) is 0.778. The molecule has 0 fully saturated rings. The Morgan fingerprint density at radius 3 is 2.60 bits per heavy atom. The number of alkyl halides is 2. The first-order chi connectivity index (χ1) is 9.75. The van der Waals surface area contributed by atoms with Crippen LogP contribution in [0.3, 0.4) is 0 Å². The van der Waals surface area contributed by atoms with Crippen LogP contribution in [0.2, 0.25) is 0 Å². The van der Waals surface area contributed by atoms with Crippen LogP contribution >= 0.6 is 0 Å². The van der Waals surface area contributed by atoms with Crippen LogP contribution in [-0.2, 0) is 6.61 Å². The maximum atomic E-state index is 12.9. The fraction of sp³-hybridized carbons (Fsp3) is 0.133. The summed E-state index contributed by atoms with van der Waals surface area (Å²) >= 11 is 0. The van der Waals surface area contributed by atoms with Gasteiger partial charge in [0.15, 0.2) is 0 Å². The number of hydrogen-bond donors (Lipinski definition) is 1. The lowest BCUT2D eigenvalue weighted by atomic mass is 10.2. The van der Waals surface area contributed by atoms with Gasteiger partial charge in [0, 0.05) is 0 Å². The molecular weight excluding hydrogens is 262 g/mol. The Kier molecular flexibility index (Phi) is 3.33. The molecule has 0 aliphatic rings. The van der Waals surface area contributed by atoms with Crippen LogP contribution in [-0.4, -0.2) is 10.2 Å². The number of H-pyrrole nitrogens is 1. The van der Waals surface area contributed by atoms with Crippen molar-refractivity contribution in [1.29, 1.82) is 0 Å². The Morgan fingerprint density at radius 1 is 1.05 bits per heavy atom. The number of ether oxygens (including phenoxy) is 1. The summed E-state index contributed by atoms with van der Waals surface area (Å²) < 4.78 is 31.6. The number of nitrogens with zero attached hydrogens (tertiary/aromatic N) is 1. The van der Waals surface area contributed by atoms with Crippen LogP contribution in [0.4, 0.5) is 8.78 Å². The minimum Gasteiger partial charge on any atom is -0.488 e. The van der Waals surface area contributed by atoms with Crippen molar-refractivity contribution in [2.75, 3.05) is 0 Å². The van der Waals surface area contributed by atoms with Crippen LogP contribution in [0.15, 0.2) is 48.5 Å². The van der Waals surface area contributed by atoms with Gasteiger partial charge in [-0.2, -0.15) is 5.10 Å². The molecule has 0 bridgehead atoms. The summed E-state index contributed by atoms with van der Waals surface area (Å²) in [7, 11) is 0. The molecule has 0 saturated heterocycles. The standard InChI is InChI=1S/C15H12F2N2O/c16-15(17)14-13-11(18-19-14)7-4-8-12(13)20-9-10-5-2-1-3-6-10/h1-8,15H,9H2,(H,18,19). The van der Waals surface area contributed by atoms with E-state index in [1.54, 1.807) is 18.2 Å². The van der Waals surface area contributed by atoms with Crippen LogP contribution in [0.25, 0.3) is 10.9 Å². The van der Waals surface area contributed by atoms with E-state index in [9.17, 15) is 8.78 Å². The highest BCUT2D eigenvalue weighted by atomic mass is 19.3. The van der Waals surface area contributed by atoms with Crippen molar-refractivity contribution in [3.8, 4) is 5.75 Å². The van der Waals surface area contributed by atoms with Gasteiger partial charge in [-0.3, -0.25) is 5.10 Å². The number of nitrogens with one attached hydrogen (secondary N) is 1. The summed E-state index contributed by atoms with van der Waals surface area (Å²) in [6.07, 6.45) is -2.61. The zero-order valence-corrected chi connectivity index (χ0v) is 10.5. The number of aromatic nitrogens is 2. The van der Waals surface area contributed by atoms with Crippen molar-refractivity contribution in [3.63, 3.8) is 0 Å². The fourth-order valence-corrected chi connectivity index (χ4v) is 2.07. The highest BCUT2D eigenvalue weighted by Crippen LogP contribution is 2.32. The van der Waals surface area contributed by atoms with E-state index in [1.807, 2.05) is 30.3 Å². The van der Waals surface area contributed by atoms with Crippen molar-refractivity contribution in [3.05, 3.63) is 59.8 Å². The topological polar surface area (TPSA) is 37.9 Å². The van der Waals surface area contributed by atoms with E-state index in [0.717, 1.165) is 5.56 Å². The van der Waals surface area contributed by atoms with Crippen LogP contribution in [0.5, 0.6) is 5.75 Å². The van der Waals surface area contributed by atoms with Crippen molar-refractivity contribution in [2.24, 2.45) is 0 Å². The van der Waals surface area contributed by atoms with Crippen molar-refractivity contribution in [1.82, 2.24) is 10.2 Å². The monoisotopic (exact) mass is 274 g/mol. The molecule has 20 heavy (non-hydrogen) atoms. The van der Waals surface area contributed by atoms with Gasteiger partial charge < -0.3 is 4.74 Å². The maximum Gasteiger partial charge on any atom is 0.280 e. The van der Waals surface area contributed by atoms with Crippen LogP contribution in [0.1, 0.15) is 17.7 Å². The molecule has 0 saturated carbocycles. The molecule has 1 aromatic heterocycles. The second-order valence-corrected chi connectivity index (χ2v) is 4.36. The lowest BCUT2D eigenvalue weighted by molar-refractivity contribution is 0.147. The molecule has 2 aromatic carbocycles. The van der Waals surface area contributed by atoms with E-state index in [-0.39, 0.29) is 5.69 Å². The summed E-state index contributed by atoms with van der Waals surface area (Å²) in [5, 5.41) is 6.59. The predicted molar refractivity (Wildman–Crippen MR) is 71.8 cm³/mol. The number of rotatable bonds is 4. The van der Waals surface area contributed by atoms with E-state index in [2.05, 4.69) is 10.2 Å². The molecule has 1 N–H and O–H groups in total. The largest absolute Gasteiger partial charge is 0.488 e. The predicted octanol–water partition coefficient (Wildman–Crippen LogP) is 4.08. The minimum atomic E-state index is -2.61. The lowest BCUT2D eigenvalue weighted by Gasteiger charge is -2.08. The van der Waals surface area contributed by atoms with Crippen LogP contribution in [0, 0.1) is 0 Å². The molecule has 0 aliphatic carbocycles. The molecule has 102 valence electrons. The molecule has 0 spiro atoms. The van der Waals surface area contributed by atoms with Gasteiger partial charge in [-0.15, -0.1) is 0 Å². The normalized spacial score (nSPS) is 11.2. The average molecular weight is 274 g/mol. The van der Waals surface area contributed by atoms with Gasteiger partial charge in [0.1, 0.15) is 18.1 Å². The second-order valence-electron chi connectivity index (χ2n) is 4.36. The molecule has 0 aliphatic heterocycles. The number of hydrogen-bond acceptors (Lipinski definition) is 2. The first-order valence-electron chi connectivity index (χ1n) is 6.17. The van der Waals surface area contributed by atoms with Gasteiger partial charge in [0.2, 0.25) is 0 Å². The SMILES string of the molecule is FC(F)c1[nH]nc2cccc(OCc3ccccc3)c12. The van der Waals surface area contributed by atoms with Gasteiger partial charge in [-0.25, -0.2) is 8.78 Å². The third-order valence-electron chi connectivity index (χ3n) is 3.03. The molecule has 1 heterocycles. The van der Waals surface area contributed by atoms with Crippen molar-refractivity contribution >= 4 is 10.9 Å². The van der Waals surface area contributed by atoms with Crippen molar-refractivity contribution in [2.45, 2.75) is 13.0 Å². The highest BCUT2D eigenvalue weighted by molar-refractivity contribution is 5.87. The fourth-order valence-electron chi connectivity index (χ4n) is 2.07. The Morgan fingerprint density at radius 2 is 1.85 bits per heavy atom. The summed E-state index contributed by atoms with van der Waals surface area (Å²) in [4.78, 5) is 0. The van der Waals surface area contributed by atoms with Gasteiger partial charge in [0.05, 0.1) is 10.9 Å². The van der Waals surface area contributed by atoms with E-state index >= 15 is 0 Å². The lowest BCUT2D eigenvalue weighted by Crippen LogP contribution is -1.96. The second kappa shape index (κ2) is 5.28. The number of aromatic amines is 1. The first-order valence-corrected chi connectivity index (χ1v) is 6.17. The number of fused-ring (bicyclic) bond motifs is 1. The zero-order chi connectivity index (χ0) is 13.9. The molecule has 5 heteroatoms. The summed E-state index contributed by atoms with van der Waals surface area (Å²) in [5.74, 6) is 0.412. The number of halogens is 2. The zero-order valence-electron chi connectivity index (χ0n) is 10.5. The highest BCUT2D eigenvalue weighted by Gasteiger charge is 2.18. The maximum absolute atomic E-state index is 12.9. The third kappa shape index (κ3) is 2.34. The van der Waals surface area contributed by atoms with Gasteiger partial charge in [-0.1, -0.05) is 36.4 Å². The summed E-state index contributed by atoms with van der Waals surface area (Å²) in [5.41, 5.74) is 1.25. The minimum absolute atomic E-state index is 0.205. The molecule has 0 unspecified atom stereocenters. The molecule has 0 atom stereocenters. The molecule has 3 nitrogen and oxygen atoms in total. The first kappa shape index (κ1) is 12.6. The van der Waals surface area contributed by atoms with E-state index in [1.165, 1.54) is 0 Å². The van der Waals surface area contributed by atoms with Gasteiger partial charge >= 0.3 is 0 Å². The van der Waals surface area contributed by atoms with E-state index < -0.39 is 6.43 Å². The Bertz CT molecular complexity index is 710. The van der Waals surface area contributed by atoms with Crippen LogP contribution < -0.4 is 4.74 Å². The molecule has 0 radical (unpaired) electrons. The summed E-state index contributed by atoms with van der Waals surface area (Å²) in [6.45, 7) is 0.327. The molecular formula is C15H12F2N2O. The third-order valence-corrected chi connectivity index (χ3v) is 3.03. The Labute approximate surface area is 114 Å². The van der Waals surface area contributed by atoms with E-state index in [0.29, 0.717) is 23.3 Å². The molecule has 0 amide bonds. The van der Waals surface area contributed by atoms with Crippen molar-refractivity contribution < 1.29 is 13.5 Å². The Hall–Kier alpha value is -2.43. The smallest absolute Gasteiger partial charge is 0.280 e. The average Bonchev–Trinajstić information content (AvgIpc) is 2.91. The molecule has 3 rings (SSSR count). The van der Waals surface area contributed by atoms with Gasteiger partial charge in [-0.05, 0) is 17.7 Å². The van der Waals surface area contributed by atoms with E-state index in [4.69, 9.17) is 4.74 Å². The molecule has 3 aromatic rings. The van der Waals surface area contributed by atoms with Gasteiger partial charge in [0.25, 0.3) is 6.43 Å². The number of benzene rings is 2.